The molecule has 0 radical (unpaired) electrons. The van der Waals surface area contributed by atoms with E-state index in [-0.39, 0.29) is 16.5 Å². The molecule has 0 heterocycles. The summed E-state index contributed by atoms with van der Waals surface area (Å²) < 4.78 is 22.6. The minimum Gasteiger partial charge on any atom is -0.299 e. The summed E-state index contributed by atoms with van der Waals surface area (Å²) >= 11 is 0. The van der Waals surface area contributed by atoms with E-state index in [2.05, 4.69) is 0 Å². The zero-order valence-electron chi connectivity index (χ0n) is 11.3. The maximum absolute atomic E-state index is 11.7. The molecule has 0 saturated carbocycles. The number of benzene rings is 1. The van der Waals surface area contributed by atoms with Gasteiger partial charge in [-0.05, 0) is 31.0 Å². The van der Waals surface area contributed by atoms with Gasteiger partial charge in [-0.15, -0.1) is 0 Å². The Morgan fingerprint density at radius 2 is 1.68 bits per heavy atom. The molecule has 1 rings (SSSR count). The van der Waals surface area contributed by atoms with E-state index in [1.807, 2.05) is 0 Å². The molecule has 1 aromatic rings. The maximum Gasteiger partial charge on any atom is 0.175 e. The molecular weight excluding hydrogens is 264 g/mol. The normalized spacial score (nSPS) is 13.0. The zero-order valence-corrected chi connectivity index (χ0v) is 12.2. The van der Waals surface area contributed by atoms with Crippen molar-refractivity contribution < 1.29 is 18.0 Å². The second-order valence-electron chi connectivity index (χ2n) is 4.60. The van der Waals surface area contributed by atoms with E-state index >= 15 is 0 Å². The van der Waals surface area contributed by atoms with Gasteiger partial charge in [0, 0.05) is 12.7 Å². The first kappa shape index (κ1) is 15.6. The van der Waals surface area contributed by atoms with Crippen molar-refractivity contribution in [2.45, 2.75) is 31.6 Å². The number of rotatable bonds is 6. The van der Waals surface area contributed by atoms with E-state index in [1.54, 1.807) is 19.1 Å². The molecule has 104 valence electrons. The lowest BCUT2D eigenvalue weighted by Gasteiger charge is -2.11. The summed E-state index contributed by atoms with van der Waals surface area (Å²) in [6.07, 6.45) is 1.79. The Kier molecular flexibility index (Phi) is 5.00. The highest BCUT2D eigenvalue weighted by Crippen LogP contribution is 2.16. The number of ketones is 2. The fourth-order valence-corrected chi connectivity index (χ4v) is 2.47. The van der Waals surface area contributed by atoms with Crippen molar-refractivity contribution in [3.8, 4) is 0 Å². The first-order valence-corrected chi connectivity index (χ1v) is 7.97. The third-order valence-electron chi connectivity index (χ3n) is 3.02. The van der Waals surface area contributed by atoms with Gasteiger partial charge >= 0.3 is 0 Å². The van der Waals surface area contributed by atoms with Crippen LogP contribution in [0.4, 0.5) is 0 Å². The van der Waals surface area contributed by atoms with Gasteiger partial charge in [-0.1, -0.05) is 19.1 Å². The Balaban J connectivity index is 2.93. The van der Waals surface area contributed by atoms with Crippen molar-refractivity contribution in [2.75, 3.05) is 6.26 Å². The van der Waals surface area contributed by atoms with E-state index in [1.165, 1.54) is 19.1 Å². The third-order valence-corrected chi connectivity index (χ3v) is 4.15. The molecule has 0 aliphatic heterocycles. The second-order valence-corrected chi connectivity index (χ2v) is 6.62. The van der Waals surface area contributed by atoms with E-state index < -0.39 is 15.8 Å². The molecule has 4 nitrogen and oxygen atoms in total. The van der Waals surface area contributed by atoms with E-state index in [9.17, 15) is 18.0 Å². The van der Waals surface area contributed by atoms with Gasteiger partial charge in [0.05, 0.1) is 10.8 Å². The molecule has 1 atom stereocenters. The molecule has 1 aromatic carbocycles. The van der Waals surface area contributed by atoms with Crippen LogP contribution >= 0.6 is 0 Å². The fourth-order valence-electron chi connectivity index (χ4n) is 1.84. The van der Waals surface area contributed by atoms with Crippen LogP contribution in [-0.2, 0) is 25.8 Å². The first-order chi connectivity index (χ1) is 8.75. The van der Waals surface area contributed by atoms with Crippen LogP contribution in [0.2, 0.25) is 0 Å². The van der Waals surface area contributed by atoms with Gasteiger partial charge in [0.15, 0.2) is 9.84 Å². The molecule has 0 aliphatic carbocycles. The summed E-state index contributed by atoms with van der Waals surface area (Å²) in [5.41, 5.74) is 0.786. The second kappa shape index (κ2) is 6.10. The smallest absolute Gasteiger partial charge is 0.175 e. The monoisotopic (exact) mass is 282 g/mol. The molecule has 0 fully saturated rings. The molecule has 0 saturated heterocycles. The van der Waals surface area contributed by atoms with Crippen LogP contribution in [-0.4, -0.2) is 26.2 Å². The minimum atomic E-state index is -3.22. The third kappa shape index (κ3) is 4.28. The van der Waals surface area contributed by atoms with Gasteiger partial charge in [0.1, 0.15) is 11.6 Å². The predicted molar refractivity (Wildman–Crippen MR) is 72.7 cm³/mol. The average molecular weight is 282 g/mol. The molecule has 1 unspecified atom stereocenters. The summed E-state index contributed by atoms with van der Waals surface area (Å²) in [7, 11) is -3.22. The molecular formula is C14H18O4S. The van der Waals surface area contributed by atoms with Crippen LogP contribution in [0.5, 0.6) is 0 Å². The van der Waals surface area contributed by atoms with E-state index in [4.69, 9.17) is 0 Å². The average Bonchev–Trinajstić information content (AvgIpc) is 2.34. The summed E-state index contributed by atoms with van der Waals surface area (Å²) in [5.74, 6) is -0.868. The van der Waals surface area contributed by atoms with Crippen molar-refractivity contribution in [3.05, 3.63) is 29.8 Å². The number of sulfone groups is 1. The maximum atomic E-state index is 11.7. The molecule has 19 heavy (non-hydrogen) atoms. The van der Waals surface area contributed by atoms with Gasteiger partial charge in [-0.25, -0.2) is 8.42 Å². The Labute approximate surface area is 113 Å². The molecule has 0 amide bonds. The largest absolute Gasteiger partial charge is 0.299 e. The Morgan fingerprint density at radius 3 is 2.05 bits per heavy atom. The van der Waals surface area contributed by atoms with Gasteiger partial charge < -0.3 is 0 Å². The SMILES string of the molecule is CCC(=O)C(Cc1ccc(S(C)(=O)=O)cc1)C(C)=O. The van der Waals surface area contributed by atoms with E-state index in [0.717, 1.165) is 11.8 Å². The lowest BCUT2D eigenvalue weighted by Crippen LogP contribution is -2.23. The fraction of sp³-hybridized carbons (Fsp3) is 0.429. The number of hydrogen-bond acceptors (Lipinski definition) is 4. The van der Waals surface area contributed by atoms with Crippen LogP contribution in [0.3, 0.4) is 0 Å². The summed E-state index contributed by atoms with van der Waals surface area (Å²) in [5, 5.41) is 0. The predicted octanol–water partition coefficient (Wildman–Crippen LogP) is 1.82. The summed E-state index contributed by atoms with van der Waals surface area (Å²) in [4.78, 5) is 23.4. The van der Waals surface area contributed by atoms with Gasteiger partial charge in [0.25, 0.3) is 0 Å². The van der Waals surface area contributed by atoms with Crippen molar-refractivity contribution in [2.24, 2.45) is 5.92 Å². The minimum absolute atomic E-state index is 0.0836. The molecule has 0 spiro atoms. The number of carbonyl (C=O) groups is 2. The summed E-state index contributed by atoms with van der Waals surface area (Å²) in [6, 6.07) is 6.29. The van der Waals surface area contributed by atoms with Crippen LogP contribution in [0.25, 0.3) is 0 Å². The molecule has 5 heteroatoms. The van der Waals surface area contributed by atoms with Crippen molar-refractivity contribution in [1.29, 1.82) is 0 Å². The van der Waals surface area contributed by atoms with E-state index in [0.29, 0.717) is 12.8 Å². The van der Waals surface area contributed by atoms with Crippen LogP contribution < -0.4 is 0 Å². The molecule has 0 aromatic heterocycles. The lowest BCUT2D eigenvalue weighted by atomic mass is 9.91. The van der Waals surface area contributed by atoms with Crippen molar-refractivity contribution >= 4 is 21.4 Å². The topological polar surface area (TPSA) is 68.3 Å². The Morgan fingerprint density at radius 1 is 1.16 bits per heavy atom. The first-order valence-electron chi connectivity index (χ1n) is 6.08. The molecule has 0 N–H and O–H groups in total. The van der Waals surface area contributed by atoms with Crippen molar-refractivity contribution in [1.82, 2.24) is 0 Å². The van der Waals surface area contributed by atoms with Gasteiger partial charge in [-0.2, -0.15) is 0 Å². The van der Waals surface area contributed by atoms with Gasteiger partial charge in [0.2, 0.25) is 0 Å². The molecule has 0 aliphatic rings. The van der Waals surface area contributed by atoms with Crippen molar-refractivity contribution in [3.63, 3.8) is 0 Å². The number of hydrogen-bond donors (Lipinski definition) is 0. The Bertz CT molecular complexity index is 570. The lowest BCUT2D eigenvalue weighted by molar-refractivity contribution is -0.131. The number of Topliss-reactive ketones (excluding diaryl/α,β-unsaturated/α-hetero) is 2. The highest BCUT2D eigenvalue weighted by molar-refractivity contribution is 7.90. The van der Waals surface area contributed by atoms with Crippen LogP contribution in [0.15, 0.2) is 29.2 Å². The van der Waals surface area contributed by atoms with Gasteiger partial charge in [-0.3, -0.25) is 9.59 Å². The summed E-state index contributed by atoms with van der Waals surface area (Å²) in [6.45, 7) is 3.13. The number of carbonyl (C=O) groups excluding carboxylic acids is 2. The molecule has 0 bridgehead atoms. The van der Waals surface area contributed by atoms with Crippen LogP contribution in [0.1, 0.15) is 25.8 Å². The quantitative estimate of drug-likeness (QED) is 0.746. The Hall–Kier alpha value is -1.49. The highest BCUT2D eigenvalue weighted by Gasteiger charge is 2.22. The highest BCUT2D eigenvalue weighted by atomic mass is 32.2. The van der Waals surface area contributed by atoms with Crippen LogP contribution in [0, 0.1) is 5.92 Å². The standard InChI is InChI=1S/C14H18O4S/c1-4-14(16)13(10(2)15)9-11-5-7-12(8-6-11)19(3,17)18/h5-8,13H,4,9H2,1-3H3. The zero-order chi connectivity index (χ0) is 14.6.